The third-order valence-corrected chi connectivity index (χ3v) is 1.50. The molecule has 0 aromatic heterocycles. The maximum atomic E-state index is 11.8. The van der Waals surface area contributed by atoms with Crippen molar-refractivity contribution in [1.82, 2.24) is 5.32 Å². The fourth-order valence-corrected chi connectivity index (χ4v) is 1.04. The minimum absolute atomic E-state index is 0. The predicted molar refractivity (Wildman–Crippen MR) is 53.1 cm³/mol. The van der Waals surface area contributed by atoms with Crippen LogP contribution in [0.25, 0.3) is 0 Å². The molecule has 0 atom stereocenters. The largest absolute Gasteiger partial charge is 0.435 e. The Labute approximate surface area is 87.7 Å². The van der Waals surface area contributed by atoms with Crippen molar-refractivity contribution in [2.24, 2.45) is 0 Å². The standard InChI is InChI=1S/C9H11F2NO.ClH/c1-12-6-7-3-2-4-8(5-7)13-9(10)11;/h2-5,9,12H,6H2,1H3;1H. The Morgan fingerprint density at radius 1 is 1.43 bits per heavy atom. The highest BCUT2D eigenvalue weighted by Crippen LogP contribution is 2.15. The Balaban J connectivity index is 0.00000169. The summed E-state index contributed by atoms with van der Waals surface area (Å²) in [6, 6.07) is 6.62. The van der Waals surface area contributed by atoms with Crippen molar-refractivity contribution in [1.29, 1.82) is 0 Å². The second-order valence-corrected chi connectivity index (χ2v) is 2.56. The molecule has 1 N–H and O–H groups in total. The minimum atomic E-state index is -2.76. The van der Waals surface area contributed by atoms with Crippen molar-refractivity contribution in [2.45, 2.75) is 13.2 Å². The lowest BCUT2D eigenvalue weighted by Gasteiger charge is -2.05. The summed E-state index contributed by atoms with van der Waals surface area (Å²) in [6.07, 6.45) is 0. The van der Waals surface area contributed by atoms with E-state index in [1.807, 2.05) is 6.07 Å². The van der Waals surface area contributed by atoms with Crippen LogP contribution in [0.5, 0.6) is 5.75 Å². The molecule has 0 spiro atoms. The molecule has 0 aliphatic heterocycles. The molecule has 1 rings (SSSR count). The van der Waals surface area contributed by atoms with E-state index in [0.29, 0.717) is 6.54 Å². The van der Waals surface area contributed by atoms with Gasteiger partial charge in [-0.3, -0.25) is 0 Å². The molecule has 80 valence electrons. The van der Waals surface area contributed by atoms with Gasteiger partial charge >= 0.3 is 6.61 Å². The van der Waals surface area contributed by atoms with E-state index in [4.69, 9.17) is 0 Å². The summed E-state index contributed by atoms with van der Waals surface area (Å²) in [5.74, 6) is 0.197. The lowest BCUT2D eigenvalue weighted by atomic mass is 10.2. The Hall–Kier alpha value is -0.870. The van der Waals surface area contributed by atoms with Crippen molar-refractivity contribution < 1.29 is 13.5 Å². The van der Waals surface area contributed by atoms with Crippen LogP contribution in [0.1, 0.15) is 5.56 Å². The SMILES string of the molecule is CNCc1cccc(OC(F)F)c1.Cl. The molecule has 0 heterocycles. The second-order valence-electron chi connectivity index (χ2n) is 2.56. The molecule has 0 aliphatic carbocycles. The molecule has 1 aromatic carbocycles. The lowest BCUT2D eigenvalue weighted by Crippen LogP contribution is -2.06. The average molecular weight is 224 g/mol. The molecular weight excluding hydrogens is 212 g/mol. The average Bonchev–Trinajstić information content (AvgIpc) is 2.04. The van der Waals surface area contributed by atoms with Crippen LogP contribution in [-0.2, 0) is 6.54 Å². The van der Waals surface area contributed by atoms with E-state index in [1.54, 1.807) is 19.2 Å². The molecule has 1 aromatic rings. The Morgan fingerprint density at radius 3 is 2.71 bits per heavy atom. The van der Waals surface area contributed by atoms with E-state index in [-0.39, 0.29) is 18.2 Å². The fraction of sp³-hybridized carbons (Fsp3) is 0.333. The zero-order valence-corrected chi connectivity index (χ0v) is 8.48. The van der Waals surface area contributed by atoms with Crippen LogP contribution >= 0.6 is 12.4 Å². The van der Waals surface area contributed by atoms with Gasteiger partial charge in [-0.2, -0.15) is 8.78 Å². The van der Waals surface area contributed by atoms with Gasteiger partial charge < -0.3 is 10.1 Å². The van der Waals surface area contributed by atoms with E-state index >= 15 is 0 Å². The molecule has 5 heteroatoms. The Kier molecular flexibility index (Phi) is 6.16. The van der Waals surface area contributed by atoms with Gasteiger partial charge in [-0.1, -0.05) is 12.1 Å². The summed E-state index contributed by atoms with van der Waals surface area (Å²) < 4.78 is 27.8. The summed E-state index contributed by atoms with van der Waals surface area (Å²) >= 11 is 0. The minimum Gasteiger partial charge on any atom is -0.435 e. The summed E-state index contributed by atoms with van der Waals surface area (Å²) in [6.45, 7) is -2.12. The number of halogens is 3. The second kappa shape index (κ2) is 6.56. The molecule has 0 radical (unpaired) electrons. The number of alkyl halides is 2. The third kappa shape index (κ3) is 4.39. The third-order valence-electron chi connectivity index (χ3n) is 1.50. The number of hydrogen-bond acceptors (Lipinski definition) is 2. The highest BCUT2D eigenvalue weighted by molar-refractivity contribution is 5.85. The summed E-state index contributed by atoms with van der Waals surface area (Å²) in [5, 5.41) is 2.92. The molecule has 14 heavy (non-hydrogen) atoms. The maximum Gasteiger partial charge on any atom is 0.387 e. The Bertz CT molecular complexity index is 271. The molecule has 0 unspecified atom stereocenters. The van der Waals surface area contributed by atoms with Gasteiger partial charge in [-0.15, -0.1) is 12.4 Å². The van der Waals surface area contributed by atoms with E-state index in [9.17, 15) is 8.78 Å². The van der Waals surface area contributed by atoms with E-state index in [2.05, 4.69) is 10.1 Å². The molecule has 0 saturated carbocycles. The van der Waals surface area contributed by atoms with Crippen LogP contribution in [0, 0.1) is 0 Å². The summed E-state index contributed by atoms with van der Waals surface area (Å²) in [5.41, 5.74) is 0.917. The van der Waals surface area contributed by atoms with Crippen molar-refractivity contribution in [3.63, 3.8) is 0 Å². The van der Waals surface area contributed by atoms with E-state index in [0.717, 1.165) is 5.56 Å². The van der Waals surface area contributed by atoms with Gasteiger partial charge in [-0.25, -0.2) is 0 Å². The lowest BCUT2D eigenvalue weighted by molar-refractivity contribution is -0.0498. The normalized spacial score (nSPS) is 9.71. The van der Waals surface area contributed by atoms with Crippen molar-refractivity contribution in [3.05, 3.63) is 29.8 Å². The van der Waals surface area contributed by atoms with Gasteiger partial charge in [0.1, 0.15) is 5.75 Å². The molecule has 0 saturated heterocycles. The summed E-state index contributed by atoms with van der Waals surface area (Å²) in [7, 11) is 1.79. The smallest absolute Gasteiger partial charge is 0.387 e. The van der Waals surface area contributed by atoms with Crippen LogP contribution in [0.15, 0.2) is 24.3 Å². The number of ether oxygens (including phenoxy) is 1. The van der Waals surface area contributed by atoms with Crippen LogP contribution in [0.3, 0.4) is 0 Å². The molecule has 0 fully saturated rings. The van der Waals surface area contributed by atoms with Crippen LogP contribution < -0.4 is 10.1 Å². The molecule has 0 bridgehead atoms. The Morgan fingerprint density at radius 2 is 2.14 bits per heavy atom. The van der Waals surface area contributed by atoms with Crippen LogP contribution in [-0.4, -0.2) is 13.7 Å². The monoisotopic (exact) mass is 223 g/mol. The first-order chi connectivity index (χ1) is 6.22. The quantitative estimate of drug-likeness (QED) is 0.847. The molecule has 2 nitrogen and oxygen atoms in total. The first kappa shape index (κ1) is 13.1. The molecular formula is C9H12ClF2NO. The van der Waals surface area contributed by atoms with Gasteiger partial charge in [0, 0.05) is 6.54 Å². The number of benzene rings is 1. The van der Waals surface area contributed by atoms with Crippen molar-refractivity contribution in [2.75, 3.05) is 7.05 Å². The first-order valence-corrected chi connectivity index (χ1v) is 3.90. The van der Waals surface area contributed by atoms with E-state index < -0.39 is 6.61 Å². The van der Waals surface area contributed by atoms with Gasteiger partial charge in [0.15, 0.2) is 0 Å². The number of nitrogens with one attached hydrogen (secondary N) is 1. The van der Waals surface area contributed by atoms with E-state index in [1.165, 1.54) is 6.07 Å². The zero-order chi connectivity index (χ0) is 9.68. The maximum absolute atomic E-state index is 11.8. The summed E-state index contributed by atoms with van der Waals surface area (Å²) in [4.78, 5) is 0. The number of rotatable bonds is 4. The molecule has 0 aliphatic rings. The van der Waals surface area contributed by atoms with Crippen molar-refractivity contribution in [3.8, 4) is 5.75 Å². The van der Waals surface area contributed by atoms with Crippen LogP contribution in [0.2, 0.25) is 0 Å². The topological polar surface area (TPSA) is 21.3 Å². The van der Waals surface area contributed by atoms with Gasteiger partial charge in [0.25, 0.3) is 0 Å². The van der Waals surface area contributed by atoms with Crippen LogP contribution in [0.4, 0.5) is 8.78 Å². The van der Waals surface area contributed by atoms with Gasteiger partial charge in [0.2, 0.25) is 0 Å². The highest BCUT2D eigenvalue weighted by Gasteiger charge is 2.03. The van der Waals surface area contributed by atoms with Crippen molar-refractivity contribution >= 4 is 12.4 Å². The van der Waals surface area contributed by atoms with Gasteiger partial charge in [-0.05, 0) is 24.7 Å². The zero-order valence-electron chi connectivity index (χ0n) is 7.67. The first-order valence-electron chi connectivity index (χ1n) is 3.90. The number of hydrogen-bond donors (Lipinski definition) is 1. The fourth-order valence-electron chi connectivity index (χ4n) is 1.04. The predicted octanol–water partition coefficient (Wildman–Crippen LogP) is 2.43. The highest BCUT2D eigenvalue weighted by atomic mass is 35.5. The molecule has 0 amide bonds. The van der Waals surface area contributed by atoms with Gasteiger partial charge in [0.05, 0.1) is 0 Å².